The zero-order valence-corrected chi connectivity index (χ0v) is 12.4. The second-order valence-corrected chi connectivity index (χ2v) is 5.92. The Morgan fingerprint density at radius 2 is 1.90 bits per heavy atom. The van der Waals surface area contributed by atoms with E-state index in [9.17, 15) is 0 Å². The summed E-state index contributed by atoms with van der Waals surface area (Å²) in [6, 6.07) is 9.38. The van der Waals surface area contributed by atoms with Gasteiger partial charge in [-0.25, -0.2) is 4.98 Å². The molecule has 2 atom stereocenters. The van der Waals surface area contributed by atoms with Gasteiger partial charge >= 0.3 is 0 Å². The third-order valence-electron chi connectivity index (χ3n) is 3.97. The average Bonchev–Trinajstić information content (AvgIpc) is 3.18. The molecule has 0 bridgehead atoms. The van der Waals surface area contributed by atoms with Crippen molar-refractivity contribution >= 4 is 0 Å². The van der Waals surface area contributed by atoms with Crippen molar-refractivity contribution in [3.05, 3.63) is 53.2 Å². The van der Waals surface area contributed by atoms with E-state index in [2.05, 4.69) is 48.4 Å². The van der Waals surface area contributed by atoms with Crippen molar-refractivity contribution in [2.75, 3.05) is 0 Å². The summed E-state index contributed by atoms with van der Waals surface area (Å²) in [6.07, 6.45) is 4.40. The van der Waals surface area contributed by atoms with Gasteiger partial charge in [0.05, 0.1) is 12.2 Å². The number of aryl methyl sites for hydroxylation is 2. The molecule has 0 spiro atoms. The Hall–Kier alpha value is -1.61. The number of nitrogens with zero attached hydrogens (tertiary/aromatic N) is 1. The highest BCUT2D eigenvalue weighted by Gasteiger charge is 2.33. The molecule has 0 radical (unpaired) electrons. The predicted molar refractivity (Wildman–Crippen MR) is 79.4 cm³/mol. The SMILES string of the molecule is Cc1ccc(C(NC(C)c2ncc(C)o2)C2CC2)cc1. The second-order valence-electron chi connectivity index (χ2n) is 5.92. The fraction of sp³-hybridized carbons (Fsp3) is 0.471. The minimum absolute atomic E-state index is 0.135. The summed E-state index contributed by atoms with van der Waals surface area (Å²) >= 11 is 0. The molecule has 2 aromatic rings. The number of hydrogen-bond acceptors (Lipinski definition) is 3. The van der Waals surface area contributed by atoms with E-state index in [1.54, 1.807) is 6.20 Å². The summed E-state index contributed by atoms with van der Waals surface area (Å²) in [4.78, 5) is 4.33. The van der Waals surface area contributed by atoms with Gasteiger partial charge in [0.25, 0.3) is 0 Å². The summed E-state index contributed by atoms with van der Waals surface area (Å²) in [6.45, 7) is 6.18. The van der Waals surface area contributed by atoms with Crippen molar-refractivity contribution < 1.29 is 4.42 Å². The lowest BCUT2D eigenvalue weighted by Crippen LogP contribution is -2.26. The first-order valence-corrected chi connectivity index (χ1v) is 7.38. The van der Waals surface area contributed by atoms with Crippen molar-refractivity contribution in [1.29, 1.82) is 0 Å². The average molecular weight is 270 g/mol. The van der Waals surface area contributed by atoms with Crippen LogP contribution in [0.5, 0.6) is 0 Å². The molecule has 1 aliphatic carbocycles. The van der Waals surface area contributed by atoms with Crippen LogP contribution in [0.3, 0.4) is 0 Å². The van der Waals surface area contributed by atoms with Gasteiger partial charge in [0.2, 0.25) is 5.89 Å². The maximum atomic E-state index is 5.63. The lowest BCUT2D eigenvalue weighted by molar-refractivity contribution is 0.355. The fourth-order valence-corrected chi connectivity index (χ4v) is 2.62. The standard InChI is InChI=1S/C17H22N2O/c1-11-4-6-14(7-5-11)16(15-8-9-15)19-13(3)17-18-10-12(2)20-17/h4-7,10,13,15-16,19H,8-9H2,1-3H3. The first-order chi connectivity index (χ1) is 9.63. The molecule has 2 unspecified atom stereocenters. The number of benzene rings is 1. The van der Waals surface area contributed by atoms with E-state index in [0.29, 0.717) is 6.04 Å². The Bertz CT molecular complexity index is 569. The van der Waals surface area contributed by atoms with Crippen LogP contribution in [0.25, 0.3) is 0 Å². The zero-order valence-electron chi connectivity index (χ0n) is 12.4. The number of aromatic nitrogens is 1. The van der Waals surface area contributed by atoms with E-state index >= 15 is 0 Å². The van der Waals surface area contributed by atoms with Gasteiger partial charge in [-0.15, -0.1) is 0 Å². The highest BCUT2D eigenvalue weighted by molar-refractivity contribution is 5.25. The molecule has 1 fully saturated rings. The van der Waals surface area contributed by atoms with Crippen LogP contribution in [0.1, 0.15) is 54.6 Å². The normalized spacial score (nSPS) is 17.9. The van der Waals surface area contributed by atoms with Crippen LogP contribution < -0.4 is 5.32 Å². The summed E-state index contributed by atoms with van der Waals surface area (Å²) in [5.41, 5.74) is 2.67. The minimum Gasteiger partial charge on any atom is -0.444 e. The first-order valence-electron chi connectivity index (χ1n) is 7.38. The summed E-state index contributed by atoms with van der Waals surface area (Å²) in [7, 11) is 0. The first kappa shape index (κ1) is 13.4. The molecule has 1 aromatic carbocycles. The van der Waals surface area contributed by atoms with E-state index in [0.717, 1.165) is 17.6 Å². The van der Waals surface area contributed by atoms with Crippen LogP contribution in [0, 0.1) is 19.8 Å². The van der Waals surface area contributed by atoms with E-state index in [1.165, 1.54) is 24.0 Å². The quantitative estimate of drug-likeness (QED) is 0.889. The number of rotatable bonds is 5. The van der Waals surface area contributed by atoms with E-state index in [-0.39, 0.29) is 6.04 Å². The van der Waals surface area contributed by atoms with Crippen molar-refractivity contribution in [2.24, 2.45) is 5.92 Å². The van der Waals surface area contributed by atoms with Gasteiger partial charge in [-0.1, -0.05) is 29.8 Å². The lowest BCUT2D eigenvalue weighted by Gasteiger charge is -2.22. The second kappa shape index (κ2) is 5.41. The van der Waals surface area contributed by atoms with Gasteiger partial charge < -0.3 is 4.42 Å². The zero-order chi connectivity index (χ0) is 14.1. The maximum Gasteiger partial charge on any atom is 0.211 e. The van der Waals surface area contributed by atoms with Crippen LogP contribution in [-0.2, 0) is 0 Å². The van der Waals surface area contributed by atoms with Crippen LogP contribution >= 0.6 is 0 Å². The van der Waals surface area contributed by atoms with Gasteiger partial charge in [0.15, 0.2) is 0 Å². The smallest absolute Gasteiger partial charge is 0.211 e. The molecular weight excluding hydrogens is 248 g/mol. The predicted octanol–water partition coefficient (Wildman–Crippen LogP) is 4.09. The lowest BCUT2D eigenvalue weighted by atomic mass is 10.0. The molecular formula is C17H22N2O. The summed E-state index contributed by atoms with van der Waals surface area (Å²) in [5.74, 6) is 2.39. The van der Waals surface area contributed by atoms with Gasteiger partial charge in [-0.05, 0) is 45.1 Å². The van der Waals surface area contributed by atoms with Crippen molar-refractivity contribution in [3.63, 3.8) is 0 Å². The molecule has 3 rings (SSSR count). The Kier molecular flexibility index (Phi) is 3.62. The minimum atomic E-state index is 0.135. The Morgan fingerprint density at radius 3 is 2.45 bits per heavy atom. The van der Waals surface area contributed by atoms with Gasteiger partial charge in [0.1, 0.15) is 5.76 Å². The molecule has 106 valence electrons. The molecule has 20 heavy (non-hydrogen) atoms. The van der Waals surface area contributed by atoms with Crippen LogP contribution in [-0.4, -0.2) is 4.98 Å². The molecule has 0 amide bonds. The molecule has 3 nitrogen and oxygen atoms in total. The summed E-state index contributed by atoms with van der Waals surface area (Å²) < 4.78 is 5.63. The molecule has 1 aliphatic rings. The molecule has 1 N–H and O–H groups in total. The van der Waals surface area contributed by atoms with Crippen LogP contribution in [0.15, 0.2) is 34.9 Å². The number of hydrogen-bond donors (Lipinski definition) is 1. The molecule has 1 heterocycles. The third kappa shape index (κ3) is 2.93. The van der Waals surface area contributed by atoms with Crippen LogP contribution in [0.2, 0.25) is 0 Å². The topological polar surface area (TPSA) is 38.1 Å². The van der Waals surface area contributed by atoms with Crippen molar-refractivity contribution in [1.82, 2.24) is 10.3 Å². The maximum absolute atomic E-state index is 5.63. The van der Waals surface area contributed by atoms with Crippen molar-refractivity contribution in [3.8, 4) is 0 Å². The number of nitrogens with one attached hydrogen (secondary N) is 1. The van der Waals surface area contributed by atoms with E-state index in [1.807, 2.05) is 6.92 Å². The Labute approximate surface area is 120 Å². The Morgan fingerprint density at radius 1 is 1.20 bits per heavy atom. The highest BCUT2D eigenvalue weighted by Crippen LogP contribution is 2.42. The highest BCUT2D eigenvalue weighted by atomic mass is 16.4. The molecule has 1 saturated carbocycles. The number of oxazole rings is 1. The molecule has 3 heteroatoms. The monoisotopic (exact) mass is 270 g/mol. The Balaban J connectivity index is 1.76. The van der Waals surface area contributed by atoms with E-state index < -0.39 is 0 Å². The van der Waals surface area contributed by atoms with Gasteiger partial charge in [-0.2, -0.15) is 0 Å². The third-order valence-corrected chi connectivity index (χ3v) is 3.97. The fourth-order valence-electron chi connectivity index (χ4n) is 2.62. The largest absolute Gasteiger partial charge is 0.444 e. The molecule has 0 saturated heterocycles. The molecule has 0 aliphatic heterocycles. The van der Waals surface area contributed by atoms with Gasteiger partial charge in [0, 0.05) is 6.04 Å². The van der Waals surface area contributed by atoms with E-state index in [4.69, 9.17) is 4.42 Å². The van der Waals surface area contributed by atoms with Crippen LogP contribution in [0.4, 0.5) is 0 Å². The summed E-state index contributed by atoms with van der Waals surface area (Å²) in [5, 5.41) is 3.69. The van der Waals surface area contributed by atoms with Crippen molar-refractivity contribution in [2.45, 2.75) is 45.7 Å². The van der Waals surface area contributed by atoms with Gasteiger partial charge in [-0.3, -0.25) is 5.32 Å². The molecule has 1 aromatic heterocycles.